The molecule has 1 fully saturated rings. The standard InChI is InChI=1S/C10H17N3O4/c1-6(9(15)16)12-10(17)11-5-4-8(14)13-7-2-3-7/h6-7H,2-5H2,1H3,(H,13,14)(H,15,16)(H2,11,12,17)/t6-/m1/s1. The Morgan fingerprint density at radius 2 is 2.00 bits per heavy atom. The Balaban J connectivity index is 2.06. The van der Waals surface area contributed by atoms with Crippen LogP contribution < -0.4 is 16.0 Å². The summed E-state index contributed by atoms with van der Waals surface area (Å²) >= 11 is 0. The van der Waals surface area contributed by atoms with Crippen molar-refractivity contribution in [2.24, 2.45) is 0 Å². The molecule has 3 amide bonds. The quantitative estimate of drug-likeness (QED) is 0.501. The molecule has 1 saturated carbocycles. The van der Waals surface area contributed by atoms with E-state index in [9.17, 15) is 14.4 Å². The molecule has 0 radical (unpaired) electrons. The third kappa shape index (κ3) is 5.74. The van der Waals surface area contributed by atoms with Crippen molar-refractivity contribution in [3.05, 3.63) is 0 Å². The van der Waals surface area contributed by atoms with Crippen LogP contribution in [-0.4, -0.2) is 41.6 Å². The number of carbonyl (C=O) groups is 3. The van der Waals surface area contributed by atoms with Gasteiger partial charge in [-0.1, -0.05) is 0 Å². The average Bonchev–Trinajstić information content (AvgIpc) is 3.01. The van der Waals surface area contributed by atoms with Crippen LogP contribution in [-0.2, 0) is 9.59 Å². The van der Waals surface area contributed by atoms with Gasteiger partial charge in [0.15, 0.2) is 0 Å². The molecule has 7 nitrogen and oxygen atoms in total. The summed E-state index contributed by atoms with van der Waals surface area (Å²) in [6.07, 6.45) is 2.25. The molecule has 1 rings (SSSR count). The van der Waals surface area contributed by atoms with Crippen molar-refractivity contribution in [1.82, 2.24) is 16.0 Å². The zero-order chi connectivity index (χ0) is 12.8. The fourth-order valence-electron chi connectivity index (χ4n) is 1.13. The molecule has 0 aliphatic heterocycles. The Morgan fingerprint density at radius 3 is 2.53 bits per heavy atom. The normalized spacial score (nSPS) is 15.8. The molecule has 1 aliphatic rings. The largest absolute Gasteiger partial charge is 0.480 e. The van der Waals surface area contributed by atoms with Gasteiger partial charge in [-0.15, -0.1) is 0 Å². The van der Waals surface area contributed by atoms with Crippen molar-refractivity contribution in [3.63, 3.8) is 0 Å². The van der Waals surface area contributed by atoms with E-state index in [1.807, 2.05) is 0 Å². The van der Waals surface area contributed by atoms with E-state index >= 15 is 0 Å². The van der Waals surface area contributed by atoms with Crippen molar-refractivity contribution in [2.45, 2.75) is 38.3 Å². The van der Waals surface area contributed by atoms with E-state index in [2.05, 4.69) is 16.0 Å². The molecule has 17 heavy (non-hydrogen) atoms. The molecule has 1 atom stereocenters. The monoisotopic (exact) mass is 243 g/mol. The Labute approximate surface area is 98.9 Å². The molecule has 0 spiro atoms. The highest BCUT2D eigenvalue weighted by molar-refractivity contribution is 5.82. The highest BCUT2D eigenvalue weighted by atomic mass is 16.4. The summed E-state index contributed by atoms with van der Waals surface area (Å²) in [4.78, 5) is 32.8. The molecule has 0 aromatic carbocycles. The minimum absolute atomic E-state index is 0.0981. The molecule has 4 N–H and O–H groups in total. The molecule has 0 heterocycles. The van der Waals surface area contributed by atoms with Crippen molar-refractivity contribution >= 4 is 17.9 Å². The predicted molar refractivity (Wildman–Crippen MR) is 59.4 cm³/mol. The van der Waals surface area contributed by atoms with E-state index in [4.69, 9.17) is 5.11 Å². The highest BCUT2D eigenvalue weighted by Crippen LogP contribution is 2.18. The molecule has 0 aromatic heterocycles. The summed E-state index contributed by atoms with van der Waals surface area (Å²) in [6.45, 7) is 1.55. The van der Waals surface area contributed by atoms with E-state index < -0.39 is 18.0 Å². The number of carboxylic acid groups (broad SMARTS) is 1. The minimum atomic E-state index is -1.10. The number of urea groups is 1. The zero-order valence-corrected chi connectivity index (χ0v) is 9.66. The summed E-state index contributed by atoms with van der Waals surface area (Å²) in [7, 11) is 0. The lowest BCUT2D eigenvalue weighted by molar-refractivity contribution is -0.138. The van der Waals surface area contributed by atoms with Gasteiger partial charge < -0.3 is 21.1 Å². The van der Waals surface area contributed by atoms with Crippen LogP contribution in [0.15, 0.2) is 0 Å². The van der Waals surface area contributed by atoms with Crippen LogP contribution in [0.5, 0.6) is 0 Å². The summed E-state index contributed by atoms with van der Waals surface area (Å²) in [5, 5.41) is 16.0. The first-order valence-corrected chi connectivity index (χ1v) is 5.55. The van der Waals surface area contributed by atoms with E-state index in [1.165, 1.54) is 6.92 Å². The summed E-state index contributed by atoms with van der Waals surface area (Å²) in [5.74, 6) is -1.20. The lowest BCUT2D eigenvalue weighted by Crippen LogP contribution is -2.45. The number of nitrogens with one attached hydrogen (secondary N) is 3. The zero-order valence-electron chi connectivity index (χ0n) is 9.66. The molecule has 0 bridgehead atoms. The Kier molecular flexibility index (Phi) is 4.74. The predicted octanol–water partition coefficient (Wildman–Crippen LogP) is -0.573. The first-order chi connectivity index (χ1) is 7.99. The fraction of sp³-hybridized carbons (Fsp3) is 0.700. The van der Waals surface area contributed by atoms with Crippen LogP contribution in [0.1, 0.15) is 26.2 Å². The molecule has 7 heteroatoms. The van der Waals surface area contributed by atoms with Gasteiger partial charge in [-0.3, -0.25) is 9.59 Å². The summed E-state index contributed by atoms with van der Waals surface area (Å²) < 4.78 is 0. The van der Waals surface area contributed by atoms with Gasteiger partial charge in [0.2, 0.25) is 5.91 Å². The average molecular weight is 243 g/mol. The van der Waals surface area contributed by atoms with Gasteiger partial charge in [0.05, 0.1) is 0 Å². The Bertz CT molecular complexity index is 315. The van der Waals surface area contributed by atoms with Crippen LogP contribution in [0.2, 0.25) is 0 Å². The van der Waals surface area contributed by atoms with E-state index in [1.54, 1.807) is 0 Å². The van der Waals surface area contributed by atoms with Crippen molar-refractivity contribution < 1.29 is 19.5 Å². The second-order valence-corrected chi connectivity index (χ2v) is 4.05. The van der Waals surface area contributed by atoms with Crippen LogP contribution in [0.4, 0.5) is 4.79 Å². The van der Waals surface area contributed by atoms with Gasteiger partial charge in [-0.25, -0.2) is 4.79 Å². The number of rotatable bonds is 6. The summed E-state index contributed by atoms with van der Waals surface area (Å²) in [5.41, 5.74) is 0. The van der Waals surface area contributed by atoms with Crippen LogP contribution >= 0.6 is 0 Å². The SMILES string of the molecule is C[C@@H](NC(=O)NCCC(=O)NC1CC1)C(=O)O. The Morgan fingerprint density at radius 1 is 1.35 bits per heavy atom. The molecular weight excluding hydrogens is 226 g/mol. The maximum absolute atomic E-state index is 11.2. The second-order valence-electron chi connectivity index (χ2n) is 4.05. The Hall–Kier alpha value is -1.79. The fourth-order valence-corrected chi connectivity index (χ4v) is 1.13. The van der Waals surface area contributed by atoms with Crippen LogP contribution in [0.25, 0.3) is 0 Å². The van der Waals surface area contributed by atoms with Gasteiger partial charge in [-0.05, 0) is 19.8 Å². The number of hydrogen-bond acceptors (Lipinski definition) is 3. The maximum atomic E-state index is 11.2. The maximum Gasteiger partial charge on any atom is 0.325 e. The molecule has 1 aliphatic carbocycles. The smallest absolute Gasteiger partial charge is 0.325 e. The van der Waals surface area contributed by atoms with Gasteiger partial charge in [-0.2, -0.15) is 0 Å². The third-order valence-electron chi connectivity index (χ3n) is 2.30. The topological polar surface area (TPSA) is 108 Å². The van der Waals surface area contributed by atoms with Crippen molar-refractivity contribution in [2.75, 3.05) is 6.54 Å². The van der Waals surface area contributed by atoms with Crippen LogP contribution in [0, 0.1) is 0 Å². The van der Waals surface area contributed by atoms with Crippen LogP contribution in [0.3, 0.4) is 0 Å². The number of aliphatic carboxylic acids is 1. The second kappa shape index (κ2) is 6.07. The van der Waals surface area contributed by atoms with E-state index in [0.717, 1.165) is 12.8 Å². The summed E-state index contributed by atoms with van der Waals surface area (Å²) in [6, 6.07) is -1.22. The van der Waals surface area contributed by atoms with E-state index in [0.29, 0.717) is 6.04 Å². The van der Waals surface area contributed by atoms with Crippen molar-refractivity contribution in [1.29, 1.82) is 0 Å². The van der Waals surface area contributed by atoms with Crippen molar-refractivity contribution in [3.8, 4) is 0 Å². The third-order valence-corrected chi connectivity index (χ3v) is 2.30. The molecule has 0 aromatic rings. The lowest BCUT2D eigenvalue weighted by atomic mass is 10.3. The molecule has 96 valence electrons. The van der Waals surface area contributed by atoms with Gasteiger partial charge in [0.25, 0.3) is 0 Å². The van der Waals surface area contributed by atoms with Gasteiger partial charge >= 0.3 is 12.0 Å². The number of hydrogen-bond donors (Lipinski definition) is 4. The number of carbonyl (C=O) groups excluding carboxylic acids is 2. The first-order valence-electron chi connectivity index (χ1n) is 5.55. The number of amides is 3. The highest BCUT2D eigenvalue weighted by Gasteiger charge is 2.22. The molecular formula is C10H17N3O4. The van der Waals surface area contributed by atoms with Gasteiger partial charge in [0, 0.05) is 19.0 Å². The molecule has 0 saturated heterocycles. The number of carboxylic acids is 1. The molecule has 0 unspecified atom stereocenters. The lowest BCUT2D eigenvalue weighted by Gasteiger charge is -2.10. The first kappa shape index (κ1) is 13.3. The minimum Gasteiger partial charge on any atom is -0.480 e. The van der Waals surface area contributed by atoms with E-state index in [-0.39, 0.29) is 18.9 Å². The van der Waals surface area contributed by atoms with Gasteiger partial charge in [0.1, 0.15) is 6.04 Å².